The van der Waals surface area contributed by atoms with E-state index in [2.05, 4.69) is 75.2 Å². The van der Waals surface area contributed by atoms with Crippen molar-refractivity contribution < 1.29 is 9.53 Å². The van der Waals surface area contributed by atoms with E-state index < -0.39 is 8.32 Å². The third-order valence-electron chi connectivity index (χ3n) is 7.94. The summed E-state index contributed by atoms with van der Waals surface area (Å²) in [7, 11) is -1.74. The second-order valence-corrected chi connectivity index (χ2v) is 14.0. The molecule has 0 unspecified atom stereocenters. The van der Waals surface area contributed by atoms with Crippen molar-refractivity contribution in [2.45, 2.75) is 64.3 Å². The van der Waals surface area contributed by atoms with Crippen molar-refractivity contribution in [3.8, 4) is 0 Å². The second-order valence-electron chi connectivity index (χ2n) is 9.30. The largest absolute Gasteiger partial charge is 0.413 e. The minimum absolute atomic E-state index is 0.00537. The van der Waals surface area contributed by atoms with Crippen molar-refractivity contribution in [2.24, 2.45) is 11.3 Å². The third-order valence-corrected chi connectivity index (χ3v) is 12.6. The molecule has 1 aromatic carbocycles. The highest BCUT2D eigenvalue weighted by Gasteiger charge is 2.53. The zero-order valence-corrected chi connectivity index (χ0v) is 19.8. The summed E-state index contributed by atoms with van der Waals surface area (Å²) in [5.41, 5.74) is 2.38. The van der Waals surface area contributed by atoms with E-state index in [1.807, 2.05) is 12.4 Å². The van der Waals surface area contributed by atoms with E-state index in [1.165, 1.54) is 34.5 Å². The third kappa shape index (κ3) is 3.59. The zero-order valence-electron chi connectivity index (χ0n) is 18.8. The van der Waals surface area contributed by atoms with Crippen LogP contribution in [0.2, 0.25) is 18.1 Å². The molecule has 1 N–H and O–H groups in total. The van der Waals surface area contributed by atoms with Gasteiger partial charge in [-0.15, -0.1) is 0 Å². The fraction of sp³-hybridized carbons (Fsp3) is 0.500. The molecular weight excluding hydrogens is 386 g/mol. The van der Waals surface area contributed by atoms with Crippen molar-refractivity contribution in [1.82, 2.24) is 4.98 Å². The van der Waals surface area contributed by atoms with Crippen LogP contribution in [0.1, 0.15) is 45.6 Å². The highest BCUT2D eigenvalue weighted by molar-refractivity contribution is 6.73. The lowest BCUT2D eigenvalue weighted by Crippen LogP contribution is -2.41. The number of pyridine rings is 1. The molecule has 1 aromatic heterocycles. The molecule has 4 rings (SSSR count). The monoisotopic (exact) mass is 421 g/mol. The van der Waals surface area contributed by atoms with E-state index in [1.54, 1.807) is 0 Å². The van der Waals surface area contributed by atoms with Gasteiger partial charge < -0.3 is 9.53 Å². The first kappa shape index (κ1) is 21.5. The summed E-state index contributed by atoms with van der Waals surface area (Å²) in [5.74, 6) is 0.692. The van der Waals surface area contributed by atoms with Gasteiger partial charge in [0.1, 0.15) is 0 Å². The fourth-order valence-electron chi connectivity index (χ4n) is 5.76. The molecule has 2 aromatic rings. The Morgan fingerprint density at radius 1 is 1.13 bits per heavy atom. The minimum atomic E-state index is -1.74. The number of allylic oxidation sites excluding steroid dienone is 2. The summed E-state index contributed by atoms with van der Waals surface area (Å²) in [6.07, 6.45) is 11.8. The summed E-state index contributed by atoms with van der Waals surface area (Å²) < 4.78 is 7.15. The standard InChI is InChI=1S/C26H35NO2Si/c1-5-30(6-2,7-3)29-24-16-23-14-19(18-28)10-12-26(23,4)25(24)21-9-8-20-11-13-27-17-22(20)15-21/h8-15,17,23-25,28H,5-7,16,18H2,1-4H3/t23-,24-,25+,26+/m1/s1. The molecule has 0 spiro atoms. The van der Waals surface area contributed by atoms with Crippen LogP contribution in [0.25, 0.3) is 10.8 Å². The molecule has 3 nitrogen and oxygen atoms in total. The Hall–Kier alpha value is -1.75. The van der Waals surface area contributed by atoms with E-state index in [-0.39, 0.29) is 18.1 Å². The molecule has 0 saturated heterocycles. The summed E-state index contributed by atoms with van der Waals surface area (Å²) in [6, 6.07) is 12.4. The summed E-state index contributed by atoms with van der Waals surface area (Å²) in [5, 5.41) is 12.1. The molecule has 160 valence electrons. The van der Waals surface area contributed by atoms with Gasteiger partial charge in [-0.3, -0.25) is 4.98 Å². The molecule has 0 radical (unpaired) electrons. The summed E-state index contributed by atoms with van der Waals surface area (Å²) in [4.78, 5) is 4.34. The second kappa shape index (κ2) is 8.41. The van der Waals surface area contributed by atoms with Crippen molar-refractivity contribution in [1.29, 1.82) is 0 Å². The summed E-state index contributed by atoms with van der Waals surface area (Å²) >= 11 is 0. The molecule has 4 heteroatoms. The smallest absolute Gasteiger partial charge is 0.192 e. The average molecular weight is 422 g/mol. The Morgan fingerprint density at radius 2 is 1.90 bits per heavy atom. The minimum Gasteiger partial charge on any atom is -0.413 e. The van der Waals surface area contributed by atoms with E-state index in [9.17, 15) is 5.11 Å². The number of rotatable bonds is 7. The Bertz CT molecular complexity index is 956. The lowest BCUT2D eigenvalue weighted by atomic mass is 9.68. The highest BCUT2D eigenvalue weighted by atomic mass is 28.4. The van der Waals surface area contributed by atoms with Gasteiger partial charge in [0.15, 0.2) is 8.32 Å². The average Bonchev–Trinajstić information content (AvgIpc) is 3.07. The van der Waals surface area contributed by atoms with Gasteiger partial charge in [-0.1, -0.05) is 58.1 Å². The molecule has 1 saturated carbocycles. The first-order valence-electron chi connectivity index (χ1n) is 11.5. The van der Waals surface area contributed by atoms with Crippen LogP contribution in [-0.4, -0.2) is 31.1 Å². The number of fused-ring (bicyclic) bond motifs is 2. The number of benzene rings is 1. The van der Waals surface area contributed by atoms with Gasteiger partial charge in [0.2, 0.25) is 0 Å². The quantitative estimate of drug-likeness (QED) is 0.539. The molecule has 1 fully saturated rings. The molecule has 2 aliphatic rings. The molecule has 0 bridgehead atoms. The molecule has 0 aliphatic heterocycles. The van der Waals surface area contributed by atoms with Gasteiger partial charge in [-0.2, -0.15) is 0 Å². The van der Waals surface area contributed by atoms with Crippen LogP contribution in [0.3, 0.4) is 0 Å². The molecule has 4 atom stereocenters. The predicted molar refractivity (Wildman–Crippen MR) is 127 cm³/mol. The van der Waals surface area contributed by atoms with Crippen molar-refractivity contribution in [2.75, 3.05) is 6.61 Å². The molecule has 1 heterocycles. The molecule has 2 aliphatic carbocycles. The number of aliphatic hydroxyl groups is 1. The SMILES string of the molecule is CC[Si](CC)(CC)O[C@@H]1C[C@H]2C=C(CO)C=C[C@]2(C)[C@H]1c1ccc2ccncc2c1. The maximum absolute atomic E-state index is 9.71. The van der Waals surface area contributed by atoms with Crippen LogP contribution in [0.5, 0.6) is 0 Å². The number of aromatic nitrogens is 1. The first-order valence-corrected chi connectivity index (χ1v) is 14.0. The Morgan fingerprint density at radius 3 is 2.60 bits per heavy atom. The lowest BCUT2D eigenvalue weighted by molar-refractivity contribution is 0.157. The van der Waals surface area contributed by atoms with Gasteiger partial charge >= 0.3 is 0 Å². The molecular formula is C26H35NO2Si. The maximum atomic E-state index is 9.71. The summed E-state index contributed by atoms with van der Waals surface area (Å²) in [6.45, 7) is 9.42. The Labute approximate surface area is 182 Å². The van der Waals surface area contributed by atoms with Crippen molar-refractivity contribution >= 4 is 19.1 Å². The zero-order chi connectivity index (χ0) is 21.4. The topological polar surface area (TPSA) is 42.4 Å². The highest BCUT2D eigenvalue weighted by Crippen LogP contribution is 2.58. The van der Waals surface area contributed by atoms with Crippen LogP contribution in [-0.2, 0) is 4.43 Å². The van der Waals surface area contributed by atoms with E-state index >= 15 is 0 Å². The number of hydrogen-bond acceptors (Lipinski definition) is 3. The van der Waals surface area contributed by atoms with Gasteiger partial charge in [0, 0.05) is 29.1 Å². The normalized spacial score (nSPS) is 28.6. The number of nitrogens with zero attached hydrogens (tertiary/aromatic N) is 1. The van der Waals surface area contributed by atoms with Crippen LogP contribution >= 0.6 is 0 Å². The predicted octanol–water partition coefficient (Wildman–Crippen LogP) is 6.22. The number of aliphatic hydroxyl groups excluding tert-OH is 1. The molecule has 0 amide bonds. The lowest BCUT2D eigenvalue weighted by Gasteiger charge is -2.39. The first-order chi connectivity index (χ1) is 14.5. The fourth-order valence-corrected chi connectivity index (χ4v) is 8.63. The maximum Gasteiger partial charge on any atom is 0.192 e. The van der Waals surface area contributed by atoms with Crippen LogP contribution in [0, 0.1) is 11.3 Å². The van der Waals surface area contributed by atoms with Gasteiger partial charge in [0.05, 0.1) is 12.7 Å². The molecule has 30 heavy (non-hydrogen) atoms. The Kier molecular flexibility index (Phi) is 6.02. The van der Waals surface area contributed by atoms with Crippen LogP contribution in [0.4, 0.5) is 0 Å². The Balaban J connectivity index is 1.79. The van der Waals surface area contributed by atoms with E-state index in [0.29, 0.717) is 11.8 Å². The van der Waals surface area contributed by atoms with Gasteiger partial charge in [-0.05, 0) is 59.1 Å². The van der Waals surface area contributed by atoms with Crippen molar-refractivity contribution in [3.05, 3.63) is 66.0 Å². The van der Waals surface area contributed by atoms with Crippen molar-refractivity contribution in [3.63, 3.8) is 0 Å². The van der Waals surface area contributed by atoms with Gasteiger partial charge in [0.25, 0.3) is 0 Å². The van der Waals surface area contributed by atoms with Crippen LogP contribution < -0.4 is 0 Å². The number of hydrogen-bond donors (Lipinski definition) is 1. The van der Waals surface area contributed by atoms with Crippen LogP contribution in [0.15, 0.2) is 60.5 Å². The van der Waals surface area contributed by atoms with E-state index in [4.69, 9.17) is 4.43 Å². The van der Waals surface area contributed by atoms with Gasteiger partial charge in [-0.25, -0.2) is 0 Å². The van der Waals surface area contributed by atoms with E-state index in [0.717, 1.165) is 12.0 Å².